The third-order valence-electron chi connectivity index (χ3n) is 7.85. The van der Waals surface area contributed by atoms with Crippen molar-refractivity contribution in [2.45, 2.75) is 57.2 Å². The maximum absolute atomic E-state index is 13.7. The first-order chi connectivity index (χ1) is 16.3. The molecule has 7 nitrogen and oxygen atoms in total. The first-order valence-electron chi connectivity index (χ1n) is 11.9. The van der Waals surface area contributed by atoms with E-state index >= 15 is 0 Å². The van der Waals surface area contributed by atoms with Crippen molar-refractivity contribution in [3.05, 3.63) is 61.8 Å². The lowest BCUT2D eigenvalue weighted by Crippen LogP contribution is -2.49. The molecule has 0 bridgehead atoms. The van der Waals surface area contributed by atoms with Gasteiger partial charge in [-0.15, -0.1) is 0 Å². The number of hydrogen-bond acceptors (Lipinski definition) is 4. The summed E-state index contributed by atoms with van der Waals surface area (Å²) in [6.07, 6.45) is 5.68. The van der Waals surface area contributed by atoms with Gasteiger partial charge in [-0.2, -0.15) is 0 Å². The zero-order valence-corrected chi connectivity index (χ0v) is 19.4. The standard InChI is InChI=1S/C25H25ClFN3O4/c26-17-11-15(5-6-18(17)27)12-28-10-7-16-19(22(28)32)21(31)24(34)30-20(16)23(33)29(13-14-3-4-14)25(30)8-1-2-9-25/h5-6,11,14,31H,1-4,7-10,12-13H2. The summed E-state index contributed by atoms with van der Waals surface area (Å²) in [4.78, 5) is 44.0. The molecule has 1 N–H and O–H groups in total. The average molecular weight is 486 g/mol. The van der Waals surface area contributed by atoms with E-state index in [1.807, 2.05) is 4.90 Å². The van der Waals surface area contributed by atoms with Crippen LogP contribution >= 0.6 is 11.6 Å². The van der Waals surface area contributed by atoms with Crippen LogP contribution in [0.4, 0.5) is 4.39 Å². The van der Waals surface area contributed by atoms with E-state index in [2.05, 4.69) is 0 Å². The lowest BCUT2D eigenvalue weighted by Gasteiger charge is -2.36. The van der Waals surface area contributed by atoms with Crippen LogP contribution in [0, 0.1) is 11.7 Å². The van der Waals surface area contributed by atoms with Gasteiger partial charge < -0.3 is 14.9 Å². The number of amides is 2. The number of nitrogens with zero attached hydrogens (tertiary/aromatic N) is 3. The van der Waals surface area contributed by atoms with Crippen LogP contribution in [0.15, 0.2) is 23.0 Å². The number of rotatable bonds is 4. The van der Waals surface area contributed by atoms with Gasteiger partial charge in [0.1, 0.15) is 17.2 Å². The van der Waals surface area contributed by atoms with E-state index in [1.54, 1.807) is 6.07 Å². The van der Waals surface area contributed by atoms with Crippen molar-refractivity contribution in [3.63, 3.8) is 0 Å². The summed E-state index contributed by atoms with van der Waals surface area (Å²) in [5, 5.41) is 10.9. The molecule has 2 aromatic rings. The Morgan fingerprint density at radius 1 is 1.12 bits per heavy atom. The maximum atomic E-state index is 13.7. The summed E-state index contributed by atoms with van der Waals surface area (Å²) >= 11 is 5.88. The minimum atomic E-state index is -0.732. The zero-order chi connectivity index (χ0) is 23.8. The quantitative estimate of drug-likeness (QED) is 0.716. The fourth-order valence-electron chi connectivity index (χ4n) is 6.01. The molecule has 178 valence electrons. The predicted molar refractivity (Wildman–Crippen MR) is 122 cm³/mol. The van der Waals surface area contributed by atoms with Gasteiger partial charge in [0, 0.05) is 25.2 Å². The smallest absolute Gasteiger partial charge is 0.296 e. The molecule has 4 aliphatic rings. The molecule has 9 heteroatoms. The first-order valence-corrected chi connectivity index (χ1v) is 12.3. The Kier molecular flexibility index (Phi) is 4.82. The zero-order valence-electron chi connectivity index (χ0n) is 18.6. The Morgan fingerprint density at radius 3 is 2.53 bits per heavy atom. The molecule has 6 rings (SSSR count). The van der Waals surface area contributed by atoms with Crippen molar-refractivity contribution in [1.82, 2.24) is 14.4 Å². The van der Waals surface area contributed by atoms with Crippen molar-refractivity contribution >= 4 is 23.4 Å². The van der Waals surface area contributed by atoms with Crippen molar-refractivity contribution in [2.75, 3.05) is 13.1 Å². The number of halogens is 2. The molecule has 2 aliphatic heterocycles. The summed E-state index contributed by atoms with van der Waals surface area (Å²) in [5.74, 6) is -1.38. The van der Waals surface area contributed by atoms with Crippen LogP contribution in [-0.2, 0) is 18.6 Å². The SMILES string of the molecule is O=C1c2c(c3n(c(=O)c2O)C2(CCCC2)N(CC2CC2)C3=O)CCN1Cc1ccc(F)c(Cl)c1. The number of benzene rings is 1. The molecule has 2 aliphatic carbocycles. The van der Waals surface area contributed by atoms with E-state index in [4.69, 9.17) is 11.6 Å². The molecule has 1 aromatic heterocycles. The highest BCUT2D eigenvalue weighted by Crippen LogP contribution is 2.48. The van der Waals surface area contributed by atoms with E-state index < -0.39 is 28.7 Å². The van der Waals surface area contributed by atoms with Gasteiger partial charge in [-0.3, -0.25) is 19.0 Å². The molecule has 0 saturated heterocycles. The Balaban J connectivity index is 1.43. The van der Waals surface area contributed by atoms with Crippen LogP contribution in [-0.4, -0.2) is 44.4 Å². The van der Waals surface area contributed by atoms with Crippen LogP contribution in [0.5, 0.6) is 5.75 Å². The van der Waals surface area contributed by atoms with Crippen molar-refractivity contribution in [1.29, 1.82) is 0 Å². The normalized spacial score (nSPS) is 20.9. The minimum absolute atomic E-state index is 0.0375. The number of aromatic hydroxyl groups is 1. The summed E-state index contributed by atoms with van der Waals surface area (Å²) < 4.78 is 15.0. The largest absolute Gasteiger partial charge is 0.502 e. The predicted octanol–water partition coefficient (Wildman–Crippen LogP) is 3.64. The summed E-state index contributed by atoms with van der Waals surface area (Å²) in [6.45, 7) is 1.08. The maximum Gasteiger partial charge on any atom is 0.296 e. The highest BCUT2D eigenvalue weighted by atomic mass is 35.5. The fraction of sp³-hybridized carbons (Fsp3) is 0.480. The van der Waals surface area contributed by atoms with E-state index in [-0.39, 0.29) is 28.7 Å². The van der Waals surface area contributed by atoms with Crippen LogP contribution in [0.2, 0.25) is 5.02 Å². The van der Waals surface area contributed by atoms with Crippen LogP contribution in [0.25, 0.3) is 0 Å². The summed E-state index contributed by atoms with van der Waals surface area (Å²) in [7, 11) is 0. The van der Waals surface area contributed by atoms with E-state index in [1.165, 1.54) is 21.6 Å². The Morgan fingerprint density at radius 2 is 1.85 bits per heavy atom. The number of fused-ring (bicyclic) bond motifs is 4. The second-order valence-corrected chi connectivity index (χ2v) is 10.4. The van der Waals surface area contributed by atoms with Crippen molar-refractivity contribution in [3.8, 4) is 5.75 Å². The van der Waals surface area contributed by atoms with Gasteiger partial charge in [0.05, 0.1) is 10.6 Å². The Labute approximate surface area is 200 Å². The lowest BCUT2D eigenvalue weighted by molar-refractivity contribution is 0.0356. The summed E-state index contributed by atoms with van der Waals surface area (Å²) in [5.41, 5.74) is -0.0999. The summed E-state index contributed by atoms with van der Waals surface area (Å²) in [6, 6.07) is 4.25. The molecule has 0 unspecified atom stereocenters. The Hall–Kier alpha value is -2.87. The molecular weight excluding hydrogens is 461 g/mol. The molecule has 0 radical (unpaired) electrons. The minimum Gasteiger partial charge on any atom is -0.502 e. The van der Waals surface area contributed by atoms with Gasteiger partial charge in [0.15, 0.2) is 5.75 Å². The van der Waals surface area contributed by atoms with E-state index in [0.29, 0.717) is 49.4 Å². The van der Waals surface area contributed by atoms with Gasteiger partial charge in [-0.1, -0.05) is 17.7 Å². The highest BCUT2D eigenvalue weighted by molar-refractivity contribution is 6.30. The average Bonchev–Trinajstić information content (AvgIpc) is 3.45. The number of pyridine rings is 1. The van der Waals surface area contributed by atoms with Gasteiger partial charge in [-0.05, 0) is 68.6 Å². The third kappa shape index (κ3) is 3.04. The first kappa shape index (κ1) is 21.6. The monoisotopic (exact) mass is 485 g/mol. The molecule has 1 spiro atoms. The molecule has 0 atom stereocenters. The topological polar surface area (TPSA) is 82.8 Å². The number of aromatic nitrogens is 1. The second-order valence-electron chi connectivity index (χ2n) is 9.97. The number of carbonyl (C=O) groups is 2. The number of carbonyl (C=O) groups excluding carboxylic acids is 2. The molecule has 2 fully saturated rings. The highest BCUT2D eigenvalue weighted by Gasteiger charge is 2.55. The van der Waals surface area contributed by atoms with Gasteiger partial charge in [-0.25, -0.2) is 4.39 Å². The molecule has 34 heavy (non-hydrogen) atoms. The molecule has 1 aromatic carbocycles. The van der Waals surface area contributed by atoms with Crippen LogP contribution in [0.3, 0.4) is 0 Å². The van der Waals surface area contributed by atoms with E-state index in [0.717, 1.165) is 25.7 Å². The van der Waals surface area contributed by atoms with Crippen molar-refractivity contribution < 1.29 is 19.1 Å². The molecule has 2 saturated carbocycles. The van der Waals surface area contributed by atoms with Crippen molar-refractivity contribution in [2.24, 2.45) is 5.92 Å². The van der Waals surface area contributed by atoms with Crippen LogP contribution in [0.1, 0.15) is 70.5 Å². The van der Waals surface area contributed by atoms with Gasteiger partial charge >= 0.3 is 0 Å². The molecule has 3 heterocycles. The van der Waals surface area contributed by atoms with E-state index in [9.17, 15) is 23.9 Å². The Bertz CT molecular complexity index is 1300. The second kappa shape index (κ2) is 7.57. The third-order valence-corrected chi connectivity index (χ3v) is 8.14. The molecular formula is C25H25ClFN3O4. The van der Waals surface area contributed by atoms with Gasteiger partial charge in [0.25, 0.3) is 17.4 Å². The number of hydrogen-bond donors (Lipinski definition) is 1. The lowest BCUT2D eigenvalue weighted by atomic mass is 9.95. The van der Waals surface area contributed by atoms with Crippen LogP contribution < -0.4 is 5.56 Å². The van der Waals surface area contributed by atoms with Gasteiger partial charge in [0.2, 0.25) is 0 Å². The molecule has 2 amide bonds. The fourth-order valence-corrected chi connectivity index (χ4v) is 6.21.